The van der Waals surface area contributed by atoms with Crippen LogP contribution >= 0.6 is 0 Å². The fourth-order valence-electron chi connectivity index (χ4n) is 2.51. The molecule has 1 N–H and O–H groups in total. The van der Waals surface area contributed by atoms with Gasteiger partial charge < -0.3 is 10.0 Å². The highest BCUT2D eigenvalue weighted by Crippen LogP contribution is 2.22. The lowest BCUT2D eigenvalue weighted by Crippen LogP contribution is -2.44. The number of benzene rings is 1. The Balaban J connectivity index is 2.18. The summed E-state index contributed by atoms with van der Waals surface area (Å²) in [6.45, 7) is 0.620. The third kappa shape index (κ3) is 3.10. The van der Waals surface area contributed by atoms with Gasteiger partial charge in [-0.25, -0.2) is 8.78 Å². The zero-order valence-corrected chi connectivity index (χ0v) is 10.6. The van der Waals surface area contributed by atoms with Crippen molar-refractivity contribution in [1.82, 2.24) is 4.90 Å². The molecule has 0 radical (unpaired) electrons. The number of amides is 1. The van der Waals surface area contributed by atoms with Gasteiger partial charge in [-0.3, -0.25) is 4.79 Å². The Bertz CT molecular complexity index is 463. The minimum Gasteiger partial charge on any atom is -0.396 e. The highest BCUT2D eigenvalue weighted by Gasteiger charge is 2.27. The van der Waals surface area contributed by atoms with Crippen molar-refractivity contribution in [2.24, 2.45) is 0 Å². The first kappa shape index (κ1) is 13.9. The van der Waals surface area contributed by atoms with Gasteiger partial charge >= 0.3 is 0 Å². The van der Waals surface area contributed by atoms with Crippen LogP contribution in [-0.4, -0.2) is 35.1 Å². The molecule has 19 heavy (non-hydrogen) atoms. The molecule has 1 aromatic carbocycles. The van der Waals surface area contributed by atoms with E-state index in [0.29, 0.717) is 13.0 Å². The van der Waals surface area contributed by atoms with Crippen LogP contribution in [0.25, 0.3) is 0 Å². The van der Waals surface area contributed by atoms with Crippen LogP contribution in [0.15, 0.2) is 18.2 Å². The van der Waals surface area contributed by atoms with Crippen molar-refractivity contribution in [2.75, 3.05) is 13.2 Å². The smallest absolute Gasteiger partial charge is 0.254 e. The topological polar surface area (TPSA) is 40.5 Å². The predicted octanol–water partition coefficient (Wildman–Crippen LogP) is 2.34. The Morgan fingerprint density at radius 2 is 2.11 bits per heavy atom. The quantitative estimate of drug-likeness (QED) is 0.915. The molecule has 1 aromatic rings. The van der Waals surface area contributed by atoms with E-state index in [0.717, 1.165) is 31.4 Å². The second-order valence-electron chi connectivity index (χ2n) is 4.79. The van der Waals surface area contributed by atoms with Gasteiger partial charge in [0, 0.05) is 24.8 Å². The third-order valence-electron chi connectivity index (χ3n) is 3.52. The van der Waals surface area contributed by atoms with E-state index in [9.17, 15) is 13.6 Å². The molecule has 3 nitrogen and oxygen atoms in total. The van der Waals surface area contributed by atoms with E-state index in [2.05, 4.69) is 0 Å². The lowest BCUT2D eigenvalue weighted by atomic mass is 9.98. The maximum atomic E-state index is 13.2. The highest BCUT2D eigenvalue weighted by molar-refractivity contribution is 5.94. The summed E-state index contributed by atoms with van der Waals surface area (Å²) in [6.07, 6.45) is 3.29. The van der Waals surface area contributed by atoms with Gasteiger partial charge in [0.15, 0.2) is 11.6 Å². The second kappa shape index (κ2) is 6.10. The third-order valence-corrected chi connectivity index (χ3v) is 3.52. The largest absolute Gasteiger partial charge is 0.396 e. The second-order valence-corrected chi connectivity index (χ2v) is 4.79. The van der Waals surface area contributed by atoms with Crippen molar-refractivity contribution in [1.29, 1.82) is 0 Å². The Morgan fingerprint density at radius 1 is 1.32 bits per heavy atom. The number of hydrogen-bond donors (Lipinski definition) is 1. The fraction of sp³-hybridized carbons (Fsp3) is 0.500. The minimum absolute atomic E-state index is 0.0145. The minimum atomic E-state index is -1.01. The lowest BCUT2D eigenvalue weighted by molar-refractivity contribution is 0.0574. The van der Waals surface area contributed by atoms with E-state index >= 15 is 0 Å². The first-order chi connectivity index (χ1) is 9.13. The average molecular weight is 269 g/mol. The molecule has 0 aliphatic carbocycles. The molecule has 0 saturated carbocycles. The number of hydrogen-bond acceptors (Lipinski definition) is 2. The molecule has 1 heterocycles. The van der Waals surface area contributed by atoms with Gasteiger partial charge in [0.1, 0.15) is 0 Å². The summed E-state index contributed by atoms with van der Waals surface area (Å²) < 4.78 is 26.0. The monoisotopic (exact) mass is 269 g/mol. The Morgan fingerprint density at radius 3 is 2.79 bits per heavy atom. The number of aliphatic hydroxyl groups excluding tert-OH is 1. The molecule has 0 bridgehead atoms. The molecule has 0 aromatic heterocycles. The molecular weight excluding hydrogens is 252 g/mol. The van der Waals surface area contributed by atoms with E-state index in [1.54, 1.807) is 4.90 Å². The van der Waals surface area contributed by atoms with E-state index in [4.69, 9.17) is 5.11 Å². The van der Waals surface area contributed by atoms with Crippen LogP contribution in [-0.2, 0) is 0 Å². The van der Waals surface area contributed by atoms with Crippen LogP contribution in [0.2, 0.25) is 0 Å². The summed E-state index contributed by atoms with van der Waals surface area (Å²) in [5, 5.41) is 9.02. The Hall–Kier alpha value is -1.49. The van der Waals surface area contributed by atoms with Crippen LogP contribution in [0.4, 0.5) is 8.78 Å². The number of carbonyl (C=O) groups is 1. The van der Waals surface area contributed by atoms with Gasteiger partial charge in [0.05, 0.1) is 0 Å². The van der Waals surface area contributed by atoms with Gasteiger partial charge in [-0.15, -0.1) is 0 Å². The van der Waals surface area contributed by atoms with Gasteiger partial charge in [0.25, 0.3) is 5.91 Å². The van der Waals surface area contributed by atoms with E-state index in [1.165, 1.54) is 6.07 Å². The molecule has 2 rings (SSSR count). The summed E-state index contributed by atoms with van der Waals surface area (Å²) in [7, 11) is 0. The summed E-state index contributed by atoms with van der Waals surface area (Å²) in [5.74, 6) is -2.26. The Kier molecular flexibility index (Phi) is 4.47. The molecule has 1 atom stereocenters. The number of likely N-dealkylation sites (tertiary alicyclic amines) is 1. The van der Waals surface area contributed by atoms with Crippen molar-refractivity contribution in [3.05, 3.63) is 35.4 Å². The molecule has 0 spiro atoms. The summed E-state index contributed by atoms with van der Waals surface area (Å²) in [5.41, 5.74) is 0.156. The number of piperidine rings is 1. The van der Waals surface area contributed by atoms with Crippen LogP contribution < -0.4 is 0 Å². The van der Waals surface area contributed by atoms with Crippen LogP contribution in [0.5, 0.6) is 0 Å². The average Bonchev–Trinajstić information content (AvgIpc) is 2.42. The first-order valence-electron chi connectivity index (χ1n) is 6.50. The molecule has 1 fully saturated rings. The number of halogens is 2. The molecule has 1 unspecified atom stereocenters. The van der Waals surface area contributed by atoms with Crippen molar-refractivity contribution < 1.29 is 18.7 Å². The van der Waals surface area contributed by atoms with Gasteiger partial charge in [0.2, 0.25) is 0 Å². The SMILES string of the molecule is O=C(c1ccc(F)c(F)c1)N1CCCCC1CCO. The zero-order valence-electron chi connectivity index (χ0n) is 10.6. The summed E-state index contributed by atoms with van der Waals surface area (Å²) in [6, 6.07) is 3.18. The first-order valence-corrected chi connectivity index (χ1v) is 6.50. The van der Waals surface area contributed by atoms with Crippen LogP contribution in [0.3, 0.4) is 0 Å². The van der Waals surface area contributed by atoms with Crippen LogP contribution in [0.1, 0.15) is 36.0 Å². The fourth-order valence-corrected chi connectivity index (χ4v) is 2.51. The number of nitrogens with zero attached hydrogens (tertiary/aromatic N) is 1. The maximum absolute atomic E-state index is 13.2. The molecule has 1 amide bonds. The van der Waals surface area contributed by atoms with Crippen LogP contribution in [0, 0.1) is 11.6 Å². The van der Waals surface area contributed by atoms with Crippen molar-refractivity contribution in [3.63, 3.8) is 0 Å². The van der Waals surface area contributed by atoms with Gasteiger partial charge in [-0.1, -0.05) is 0 Å². The highest BCUT2D eigenvalue weighted by atomic mass is 19.2. The number of carbonyl (C=O) groups excluding carboxylic acids is 1. The van der Waals surface area contributed by atoms with Gasteiger partial charge in [-0.05, 0) is 43.9 Å². The van der Waals surface area contributed by atoms with E-state index in [-0.39, 0.29) is 24.1 Å². The maximum Gasteiger partial charge on any atom is 0.254 e. The van der Waals surface area contributed by atoms with Crippen molar-refractivity contribution in [2.45, 2.75) is 31.7 Å². The molecule has 1 aliphatic rings. The van der Waals surface area contributed by atoms with Crippen molar-refractivity contribution in [3.8, 4) is 0 Å². The zero-order chi connectivity index (χ0) is 13.8. The molecule has 1 aliphatic heterocycles. The standard InChI is InChI=1S/C14H17F2NO2/c15-12-5-4-10(9-13(12)16)14(19)17-7-2-1-3-11(17)6-8-18/h4-5,9,11,18H,1-3,6-8H2. The molecule has 104 valence electrons. The summed E-state index contributed by atoms with van der Waals surface area (Å²) >= 11 is 0. The molecular formula is C14H17F2NO2. The normalized spacial score (nSPS) is 19.5. The predicted molar refractivity (Wildman–Crippen MR) is 66.7 cm³/mol. The van der Waals surface area contributed by atoms with Crippen molar-refractivity contribution >= 4 is 5.91 Å². The summed E-state index contributed by atoms with van der Waals surface area (Å²) in [4.78, 5) is 14.0. The van der Waals surface area contributed by atoms with E-state index < -0.39 is 11.6 Å². The Labute approximate surface area is 110 Å². The van der Waals surface area contributed by atoms with Gasteiger partial charge in [-0.2, -0.15) is 0 Å². The lowest BCUT2D eigenvalue weighted by Gasteiger charge is -2.35. The number of rotatable bonds is 3. The molecule has 5 heteroatoms. The van der Waals surface area contributed by atoms with E-state index in [1.807, 2.05) is 0 Å². The number of aliphatic hydroxyl groups is 1. The molecule has 1 saturated heterocycles.